The molecule has 3 N–H and O–H groups in total. The monoisotopic (exact) mass is 280 g/mol. The van der Waals surface area contributed by atoms with Gasteiger partial charge in [-0.3, -0.25) is 11.3 Å². The van der Waals surface area contributed by atoms with Gasteiger partial charge in [0.2, 0.25) is 0 Å². The van der Waals surface area contributed by atoms with Crippen LogP contribution in [0.3, 0.4) is 0 Å². The summed E-state index contributed by atoms with van der Waals surface area (Å²) in [6.07, 6.45) is 4.71. The topological polar surface area (TPSA) is 56.5 Å². The van der Waals surface area contributed by atoms with Gasteiger partial charge < -0.3 is 9.47 Å². The number of unbranched alkanes of at least 4 members (excludes halogenated alkanes) is 1. The Morgan fingerprint density at radius 1 is 1.15 bits per heavy atom. The fraction of sp³-hybridized carbons (Fsp3) is 0.625. The first kappa shape index (κ1) is 16.8. The van der Waals surface area contributed by atoms with E-state index in [-0.39, 0.29) is 6.04 Å². The lowest BCUT2D eigenvalue weighted by Crippen LogP contribution is -2.33. The van der Waals surface area contributed by atoms with E-state index in [1.807, 2.05) is 12.1 Å². The molecule has 0 radical (unpaired) electrons. The maximum absolute atomic E-state index is 5.79. The number of nitrogens with one attached hydrogen (secondary N) is 1. The Kier molecular flexibility index (Phi) is 7.41. The highest BCUT2D eigenvalue weighted by molar-refractivity contribution is 5.43. The van der Waals surface area contributed by atoms with Gasteiger partial charge in [-0.2, -0.15) is 0 Å². The summed E-state index contributed by atoms with van der Waals surface area (Å²) in [5.41, 5.74) is 4.12. The van der Waals surface area contributed by atoms with E-state index in [0.717, 1.165) is 23.5 Å². The molecule has 0 heterocycles. The van der Waals surface area contributed by atoms with Crippen molar-refractivity contribution in [3.05, 3.63) is 23.8 Å². The van der Waals surface area contributed by atoms with Crippen molar-refractivity contribution < 1.29 is 9.47 Å². The fourth-order valence-electron chi connectivity index (χ4n) is 2.62. The van der Waals surface area contributed by atoms with Crippen molar-refractivity contribution >= 4 is 0 Å². The predicted molar refractivity (Wildman–Crippen MR) is 82.9 cm³/mol. The van der Waals surface area contributed by atoms with Gasteiger partial charge >= 0.3 is 0 Å². The Morgan fingerprint density at radius 3 is 2.35 bits per heavy atom. The normalized spacial score (nSPS) is 13.8. The van der Waals surface area contributed by atoms with Crippen molar-refractivity contribution in [3.8, 4) is 11.5 Å². The van der Waals surface area contributed by atoms with Crippen molar-refractivity contribution in [2.24, 2.45) is 11.8 Å². The van der Waals surface area contributed by atoms with E-state index < -0.39 is 0 Å². The molecule has 4 heteroatoms. The van der Waals surface area contributed by atoms with Crippen LogP contribution in [0, 0.1) is 5.92 Å². The number of methoxy groups -OCH3 is 2. The minimum atomic E-state index is 0.145. The quantitative estimate of drug-likeness (QED) is 0.537. The highest BCUT2D eigenvalue weighted by Crippen LogP contribution is 2.34. The third kappa shape index (κ3) is 4.12. The number of ether oxygens (including phenoxy) is 2. The second-order valence-electron chi connectivity index (χ2n) is 5.07. The largest absolute Gasteiger partial charge is 0.493 e. The average Bonchev–Trinajstić information content (AvgIpc) is 2.50. The maximum atomic E-state index is 5.79. The van der Waals surface area contributed by atoms with Crippen molar-refractivity contribution in [2.75, 3.05) is 14.2 Å². The minimum Gasteiger partial charge on any atom is -0.493 e. The molecule has 114 valence electrons. The van der Waals surface area contributed by atoms with Crippen molar-refractivity contribution in [2.45, 2.75) is 45.6 Å². The molecule has 0 saturated heterocycles. The number of nitrogens with two attached hydrogens (primary N) is 1. The summed E-state index contributed by atoms with van der Waals surface area (Å²) in [6.45, 7) is 4.43. The molecule has 2 unspecified atom stereocenters. The molecule has 20 heavy (non-hydrogen) atoms. The molecule has 0 aliphatic heterocycles. The van der Waals surface area contributed by atoms with Crippen LogP contribution in [0.5, 0.6) is 11.5 Å². The first-order valence-corrected chi connectivity index (χ1v) is 7.39. The third-order valence-electron chi connectivity index (χ3n) is 3.87. The molecule has 0 fully saturated rings. The molecule has 0 aliphatic rings. The maximum Gasteiger partial charge on any atom is 0.161 e. The Balaban J connectivity index is 2.98. The van der Waals surface area contributed by atoms with Gasteiger partial charge in [0.05, 0.1) is 14.2 Å². The van der Waals surface area contributed by atoms with Crippen LogP contribution in [-0.4, -0.2) is 14.2 Å². The molecule has 0 bridgehead atoms. The van der Waals surface area contributed by atoms with Crippen molar-refractivity contribution in [1.29, 1.82) is 0 Å². The summed E-state index contributed by atoms with van der Waals surface area (Å²) >= 11 is 0. The number of hydrogen-bond acceptors (Lipinski definition) is 4. The van der Waals surface area contributed by atoms with E-state index in [2.05, 4.69) is 25.3 Å². The molecule has 0 aliphatic carbocycles. The number of hydrazine groups is 1. The van der Waals surface area contributed by atoms with Gasteiger partial charge in [-0.15, -0.1) is 0 Å². The summed E-state index contributed by atoms with van der Waals surface area (Å²) in [4.78, 5) is 0. The van der Waals surface area contributed by atoms with Gasteiger partial charge in [0.15, 0.2) is 11.5 Å². The highest BCUT2D eigenvalue weighted by atomic mass is 16.5. The minimum absolute atomic E-state index is 0.145. The molecule has 0 spiro atoms. The van der Waals surface area contributed by atoms with E-state index >= 15 is 0 Å². The van der Waals surface area contributed by atoms with Crippen LogP contribution in [0.25, 0.3) is 0 Å². The molecule has 0 aromatic heterocycles. The van der Waals surface area contributed by atoms with Crippen molar-refractivity contribution in [3.63, 3.8) is 0 Å². The zero-order valence-electron chi connectivity index (χ0n) is 13.1. The van der Waals surface area contributed by atoms with E-state index in [1.54, 1.807) is 14.2 Å². The summed E-state index contributed by atoms with van der Waals surface area (Å²) in [7, 11) is 3.30. The van der Waals surface area contributed by atoms with Gasteiger partial charge in [-0.1, -0.05) is 39.2 Å². The van der Waals surface area contributed by atoms with E-state index in [0.29, 0.717) is 5.92 Å². The number of hydrogen-bond donors (Lipinski definition) is 2. The van der Waals surface area contributed by atoms with Crippen LogP contribution in [-0.2, 0) is 0 Å². The molecule has 1 aromatic rings. The van der Waals surface area contributed by atoms with E-state index in [4.69, 9.17) is 15.3 Å². The predicted octanol–water partition coefficient (Wildman–Crippen LogP) is 3.42. The lowest BCUT2D eigenvalue weighted by molar-refractivity contribution is 0.322. The van der Waals surface area contributed by atoms with Crippen LogP contribution in [0.1, 0.15) is 51.1 Å². The third-order valence-corrected chi connectivity index (χ3v) is 3.87. The second-order valence-corrected chi connectivity index (χ2v) is 5.07. The second kappa shape index (κ2) is 8.82. The smallest absolute Gasteiger partial charge is 0.161 e. The van der Waals surface area contributed by atoms with Gasteiger partial charge in [-0.05, 0) is 30.0 Å². The molecule has 2 atom stereocenters. The first-order valence-electron chi connectivity index (χ1n) is 7.39. The Labute approximate surface area is 122 Å². The standard InChI is InChI=1S/C16H28N2O2/c1-5-7-8-12(6-2)16(18-17)13-9-10-14(19-3)15(11-13)20-4/h9-12,16,18H,5-8,17H2,1-4H3. The lowest BCUT2D eigenvalue weighted by atomic mass is 9.87. The summed E-state index contributed by atoms with van der Waals surface area (Å²) in [5, 5.41) is 0. The molecule has 1 rings (SSSR count). The molecular weight excluding hydrogens is 252 g/mol. The van der Waals surface area contributed by atoms with Gasteiger partial charge in [0, 0.05) is 6.04 Å². The molecule has 0 saturated carbocycles. The summed E-state index contributed by atoms with van der Waals surface area (Å²) < 4.78 is 10.7. The molecular formula is C16H28N2O2. The van der Waals surface area contributed by atoms with Crippen LogP contribution in [0.2, 0.25) is 0 Å². The van der Waals surface area contributed by atoms with Gasteiger partial charge in [0.1, 0.15) is 0 Å². The fourth-order valence-corrected chi connectivity index (χ4v) is 2.62. The Hall–Kier alpha value is -1.26. The lowest BCUT2D eigenvalue weighted by Gasteiger charge is -2.26. The van der Waals surface area contributed by atoms with Crippen LogP contribution < -0.4 is 20.7 Å². The molecule has 0 amide bonds. The zero-order valence-corrected chi connectivity index (χ0v) is 13.1. The van der Waals surface area contributed by atoms with Gasteiger partial charge in [0.25, 0.3) is 0 Å². The number of rotatable bonds is 9. The van der Waals surface area contributed by atoms with Gasteiger partial charge in [-0.25, -0.2) is 0 Å². The molecule has 4 nitrogen and oxygen atoms in total. The highest BCUT2D eigenvalue weighted by Gasteiger charge is 2.21. The van der Waals surface area contributed by atoms with Crippen molar-refractivity contribution in [1.82, 2.24) is 5.43 Å². The van der Waals surface area contributed by atoms with E-state index in [1.165, 1.54) is 19.3 Å². The Bertz CT molecular complexity index is 396. The summed E-state index contributed by atoms with van der Waals surface area (Å²) in [5.74, 6) is 7.81. The zero-order chi connectivity index (χ0) is 15.0. The Morgan fingerprint density at radius 2 is 1.85 bits per heavy atom. The summed E-state index contributed by atoms with van der Waals surface area (Å²) in [6, 6.07) is 6.15. The van der Waals surface area contributed by atoms with Crippen LogP contribution in [0.4, 0.5) is 0 Å². The first-order chi connectivity index (χ1) is 9.71. The van der Waals surface area contributed by atoms with Crippen LogP contribution in [0.15, 0.2) is 18.2 Å². The van der Waals surface area contributed by atoms with E-state index in [9.17, 15) is 0 Å². The average molecular weight is 280 g/mol. The number of benzene rings is 1. The SMILES string of the molecule is CCCCC(CC)C(NN)c1ccc(OC)c(OC)c1. The molecule has 1 aromatic carbocycles. The van der Waals surface area contributed by atoms with Crippen LogP contribution >= 0.6 is 0 Å².